The molecule has 8 heteroatoms. The molecule has 0 spiro atoms. The average Bonchev–Trinajstić information content (AvgIpc) is 2.76. The summed E-state index contributed by atoms with van der Waals surface area (Å²) in [5.74, 6) is 3.50. The van der Waals surface area contributed by atoms with Gasteiger partial charge in [0.2, 0.25) is 0 Å². The van der Waals surface area contributed by atoms with Gasteiger partial charge >= 0.3 is 0 Å². The lowest BCUT2D eigenvalue weighted by Crippen LogP contribution is -2.54. The maximum atomic E-state index is 7.03. The minimum absolute atomic E-state index is 0.179. The minimum atomic E-state index is -1.90. The number of hydrogen-bond acceptors (Lipinski definition) is 6. The third kappa shape index (κ3) is 5.17. The van der Waals surface area contributed by atoms with Crippen molar-refractivity contribution < 1.29 is 13.9 Å². The van der Waals surface area contributed by atoms with Gasteiger partial charge in [-0.3, -0.25) is 0 Å². The first kappa shape index (κ1) is 25.5. The van der Waals surface area contributed by atoms with Gasteiger partial charge in [0.05, 0.1) is 25.8 Å². The fraction of sp³-hybridized carbons (Fsp3) is 0.667. The van der Waals surface area contributed by atoms with Crippen LogP contribution < -0.4 is 14.4 Å². The lowest BCUT2D eigenvalue weighted by molar-refractivity contribution is 0.0775. The van der Waals surface area contributed by atoms with Gasteiger partial charge in [-0.2, -0.15) is 0 Å². The van der Waals surface area contributed by atoms with Crippen molar-refractivity contribution in [3.05, 3.63) is 18.5 Å². The zero-order valence-electron chi connectivity index (χ0n) is 20.7. The van der Waals surface area contributed by atoms with Gasteiger partial charge in [0.15, 0.2) is 19.8 Å². The molecule has 1 unspecified atom stereocenters. The zero-order chi connectivity index (χ0) is 23.7. The van der Waals surface area contributed by atoms with Gasteiger partial charge in [-0.15, -0.1) is 0 Å². The first-order chi connectivity index (χ1) is 15.0. The molecule has 3 rings (SSSR count). The van der Waals surface area contributed by atoms with Crippen LogP contribution in [0.3, 0.4) is 0 Å². The number of alkyl halides is 1. The van der Waals surface area contributed by atoms with E-state index in [1.54, 1.807) is 20.5 Å². The van der Waals surface area contributed by atoms with Crippen molar-refractivity contribution in [1.29, 1.82) is 0 Å². The van der Waals surface area contributed by atoms with E-state index in [2.05, 4.69) is 73.3 Å². The Morgan fingerprint density at radius 2 is 1.81 bits per heavy atom. The fourth-order valence-electron chi connectivity index (χ4n) is 4.19. The maximum Gasteiger partial charge on any atom is 0.192 e. The SMILES string of the molecule is COc1cc2ncnc(N3CC[C@H](C(C)CI)[C@@H](O[Si](C)(C)C(C)(C)C)C3)c2cc1OC. The summed E-state index contributed by atoms with van der Waals surface area (Å²) in [5.41, 5.74) is 0.859. The van der Waals surface area contributed by atoms with E-state index in [1.807, 2.05) is 12.1 Å². The molecule has 0 saturated carbocycles. The highest BCUT2D eigenvalue weighted by atomic mass is 127. The molecule has 1 fully saturated rings. The summed E-state index contributed by atoms with van der Waals surface area (Å²) in [6.45, 7) is 15.8. The summed E-state index contributed by atoms with van der Waals surface area (Å²) < 4.78 is 19.2. The highest BCUT2D eigenvalue weighted by Gasteiger charge is 2.43. The number of anilines is 1. The quantitative estimate of drug-likeness (QED) is 0.233. The molecule has 0 radical (unpaired) electrons. The summed E-state index contributed by atoms with van der Waals surface area (Å²) in [5, 5.41) is 1.16. The molecule has 2 heterocycles. The Balaban J connectivity index is 1.98. The van der Waals surface area contributed by atoms with Crippen LogP contribution in [0.2, 0.25) is 18.1 Å². The minimum Gasteiger partial charge on any atom is -0.493 e. The number of hydrogen-bond donors (Lipinski definition) is 0. The number of fused-ring (bicyclic) bond motifs is 1. The van der Waals surface area contributed by atoms with Gasteiger partial charge in [-0.25, -0.2) is 9.97 Å². The fourth-order valence-corrected chi connectivity index (χ4v) is 6.21. The van der Waals surface area contributed by atoms with Crippen molar-refractivity contribution in [3.63, 3.8) is 0 Å². The Hall–Kier alpha value is -1.13. The predicted octanol–water partition coefficient (Wildman–Crippen LogP) is 5.93. The Morgan fingerprint density at radius 3 is 2.41 bits per heavy atom. The van der Waals surface area contributed by atoms with Crippen LogP contribution in [-0.4, -0.2) is 56.1 Å². The zero-order valence-corrected chi connectivity index (χ0v) is 23.9. The molecule has 0 bridgehead atoms. The standard InChI is InChI=1S/C24H38IN3O3Si/c1-16(13-25)17-9-10-28(14-22(17)31-32(7,8)24(2,3)4)23-18-11-20(29-5)21(30-6)12-19(18)26-15-27-23/h11-12,15-17,22H,9-10,13-14H2,1-8H3/t16?,17-,22+/m1/s1. The monoisotopic (exact) mass is 571 g/mol. The van der Waals surface area contributed by atoms with E-state index in [-0.39, 0.29) is 11.1 Å². The maximum absolute atomic E-state index is 7.03. The number of benzene rings is 1. The lowest BCUT2D eigenvalue weighted by Gasteiger charge is -2.47. The van der Waals surface area contributed by atoms with E-state index in [1.165, 1.54) is 0 Å². The van der Waals surface area contributed by atoms with E-state index in [9.17, 15) is 0 Å². The Labute approximate surface area is 207 Å². The molecule has 1 aromatic carbocycles. The summed E-state index contributed by atoms with van der Waals surface area (Å²) >= 11 is 2.52. The number of rotatable bonds is 7. The average molecular weight is 572 g/mol. The van der Waals surface area contributed by atoms with E-state index in [4.69, 9.17) is 18.9 Å². The van der Waals surface area contributed by atoms with Crippen molar-refractivity contribution >= 4 is 47.6 Å². The molecule has 0 N–H and O–H groups in total. The number of halogens is 1. The molecule has 0 amide bonds. The van der Waals surface area contributed by atoms with E-state index in [0.29, 0.717) is 23.3 Å². The molecule has 178 valence electrons. The molecular formula is C24H38IN3O3Si. The Bertz CT molecular complexity index is 935. The van der Waals surface area contributed by atoms with Crippen molar-refractivity contribution in [2.75, 3.05) is 36.6 Å². The van der Waals surface area contributed by atoms with Crippen LogP contribution in [0.4, 0.5) is 5.82 Å². The molecule has 1 aliphatic rings. The molecule has 32 heavy (non-hydrogen) atoms. The largest absolute Gasteiger partial charge is 0.493 e. The van der Waals surface area contributed by atoms with E-state index in [0.717, 1.165) is 40.7 Å². The van der Waals surface area contributed by atoms with Gasteiger partial charge in [-0.1, -0.05) is 50.3 Å². The molecular weight excluding hydrogens is 533 g/mol. The highest BCUT2D eigenvalue weighted by Crippen LogP contribution is 2.42. The molecule has 1 saturated heterocycles. The Kier molecular flexibility index (Phi) is 7.97. The van der Waals surface area contributed by atoms with Crippen LogP contribution in [-0.2, 0) is 4.43 Å². The molecule has 0 aliphatic carbocycles. The lowest BCUT2D eigenvalue weighted by atomic mass is 9.84. The van der Waals surface area contributed by atoms with Gasteiger partial charge in [0, 0.05) is 29.0 Å². The molecule has 3 atom stereocenters. The third-order valence-corrected chi connectivity index (χ3v) is 13.1. The molecule has 2 aromatic rings. The van der Waals surface area contributed by atoms with Crippen LogP contribution in [0.1, 0.15) is 34.1 Å². The van der Waals surface area contributed by atoms with Crippen molar-refractivity contribution in [2.24, 2.45) is 11.8 Å². The van der Waals surface area contributed by atoms with Gasteiger partial charge in [0.1, 0.15) is 12.1 Å². The first-order valence-electron chi connectivity index (χ1n) is 11.4. The highest BCUT2D eigenvalue weighted by molar-refractivity contribution is 14.1. The second-order valence-electron chi connectivity index (χ2n) is 10.4. The van der Waals surface area contributed by atoms with Crippen molar-refractivity contribution in [2.45, 2.75) is 58.4 Å². The van der Waals surface area contributed by atoms with E-state index >= 15 is 0 Å². The third-order valence-electron chi connectivity index (χ3n) is 7.26. The molecule has 6 nitrogen and oxygen atoms in total. The van der Waals surface area contributed by atoms with Crippen molar-refractivity contribution in [1.82, 2.24) is 9.97 Å². The summed E-state index contributed by atoms with van der Waals surface area (Å²) in [6, 6.07) is 3.92. The van der Waals surface area contributed by atoms with Crippen LogP contribution in [0.5, 0.6) is 11.5 Å². The van der Waals surface area contributed by atoms with Gasteiger partial charge < -0.3 is 18.8 Å². The van der Waals surface area contributed by atoms with Gasteiger partial charge in [0.25, 0.3) is 0 Å². The van der Waals surface area contributed by atoms with Crippen LogP contribution >= 0.6 is 22.6 Å². The Morgan fingerprint density at radius 1 is 1.16 bits per heavy atom. The summed E-state index contributed by atoms with van der Waals surface area (Å²) in [4.78, 5) is 11.6. The number of ether oxygens (including phenoxy) is 2. The molecule has 1 aromatic heterocycles. The van der Waals surface area contributed by atoms with Crippen LogP contribution in [0, 0.1) is 11.8 Å². The van der Waals surface area contributed by atoms with Crippen LogP contribution in [0.25, 0.3) is 10.9 Å². The smallest absolute Gasteiger partial charge is 0.192 e. The number of methoxy groups -OCH3 is 2. The van der Waals surface area contributed by atoms with Crippen LogP contribution in [0.15, 0.2) is 18.5 Å². The number of nitrogens with zero attached hydrogens (tertiary/aromatic N) is 3. The second kappa shape index (κ2) is 10.0. The van der Waals surface area contributed by atoms with Gasteiger partial charge in [-0.05, 0) is 42.5 Å². The normalized spacial score (nSPS) is 21.0. The molecule has 1 aliphatic heterocycles. The number of piperidine rings is 1. The summed E-state index contributed by atoms with van der Waals surface area (Å²) in [7, 11) is 1.40. The summed E-state index contributed by atoms with van der Waals surface area (Å²) in [6.07, 6.45) is 2.94. The number of aromatic nitrogens is 2. The van der Waals surface area contributed by atoms with E-state index < -0.39 is 8.32 Å². The first-order valence-corrected chi connectivity index (χ1v) is 15.8. The second-order valence-corrected chi connectivity index (χ2v) is 16.0. The van der Waals surface area contributed by atoms with Crippen molar-refractivity contribution in [3.8, 4) is 11.5 Å². The predicted molar refractivity (Wildman–Crippen MR) is 143 cm³/mol. The topological polar surface area (TPSA) is 56.7 Å².